The molecule has 0 spiro atoms. The molecule has 2 rings (SSSR count). The summed E-state index contributed by atoms with van der Waals surface area (Å²) < 4.78 is 8.08. The minimum Gasteiger partial charge on any atom is -0.494 e. The number of hydrogen-bond acceptors (Lipinski definition) is 2. The molecule has 0 fully saturated rings. The van der Waals surface area contributed by atoms with Gasteiger partial charge in [-0.25, -0.2) is 4.57 Å². The van der Waals surface area contributed by atoms with Gasteiger partial charge in [-0.05, 0) is 36.6 Å². The highest BCUT2D eigenvalue weighted by molar-refractivity contribution is 5.93. The number of benzene rings is 1. The molecule has 1 N–H and O–H groups in total. The predicted molar refractivity (Wildman–Crippen MR) is 155 cm³/mol. The highest BCUT2D eigenvalue weighted by Gasteiger charge is 2.09. The summed E-state index contributed by atoms with van der Waals surface area (Å²) in [6, 6.07) is 9.93. The molecule has 1 aromatic heterocycles. The zero-order valence-corrected chi connectivity index (χ0v) is 24.0. The summed E-state index contributed by atoms with van der Waals surface area (Å²) in [6.07, 6.45) is 24.2. The molecule has 0 aliphatic heterocycles. The number of aryl methyl sites for hydroxylation is 2. The van der Waals surface area contributed by atoms with Crippen molar-refractivity contribution < 1.29 is 14.1 Å². The SMILES string of the molecule is CCCCCCCCCCCCCCCCOc1ccc(CNC(=O)c2cc[n+](CCC)cc2)c(C)c1. The standard InChI is InChI=1S/C33H52N2O2/c1-4-6-7-8-9-10-11-12-13-14-15-16-17-18-26-37-32-20-19-31(29(3)27-32)28-34-33(36)30-21-24-35(23-5-2)25-22-30/h19-22,24-25,27H,4-18,23,26,28H2,1-3H3/p+1. The quantitative estimate of drug-likeness (QED) is 0.135. The number of carbonyl (C=O) groups is 1. The molecule has 2 aromatic rings. The first-order chi connectivity index (χ1) is 18.1. The van der Waals surface area contributed by atoms with Crippen LogP contribution >= 0.6 is 0 Å². The maximum absolute atomic E-state index is 12.5. The number of carbonyl (C=O) groups excluding carboxylic acids is 1. The fraction of sp³-hybridized carbons (Fsp3) is 0.636. The number of nitrogens with one attached hydrogen (secondary N) is 1. The van der Waals surface area contributed by atoms with Gasteiger partial charge in [-0.2, -0.15) is 0 Å². The summed E-state index contributed by atoms with van der Waals surface area (Å²) in [5.41, 5.74) is 2.96. The van der Waals surface area contributed by atoms with Crippen LogP contribution in [-0.2, 0) is 13.1 Å². The Morgan fingerprint density at radius 3 is 1.86 bits per heavy atom. The van der Waals surface area contributed by atoms with E-state index in [1.807, 2.05) is 30.6 Å². The lowest BCUT2D eigenvalue weighted by Gasteiger charge is -2.11. The second-order valence-electron chi connectivity index (χ2n) is 10.5. The molecule has 206 valence electrons. The molecule has 0 bridgehead atoms. The van der Waals surface area contributed by atoms with Gasteiger partial charge >= 0.3 is 0 Å². The summed E-state index contributed by atoms with van der Waals surface area (Å²) in [7, 11) is 0. The van der Waals surface area contributed by atoms with E-state index in [1.54, 1.807) is 0 Å². The van der Waals surface area contributed by atoms with E-state index in [2.05, 4.69) is 42.8 Å². The van der Waals surface area contributed by atoms with Gasteiger partial charge in [-0.1, -0.05) is 103 Å². The Bertz CT molecular complexity index is 863. The number of rotatable bonds is 21. The van der Waals surface area contributed by atoms with Gasteiger partial charge in [0.25, 0.3) is 5.91 Å². The fourth-order valence-corrected chi connectivity index (χ4v) is 4.74. The Hall–Kier alpha value is -2.36. The third-order valence-electron chi connectivity index (χ3n) is 7.16. The van der Waals surface area contributed by atoms with Crippen molar-refractivity contribution in [2.75, 3.05) is 6.61 Å². The minimum absolute atomic E-state index is 0.0406. The molecule has 0 unspecified atom stereocenters. The number of pyridine rings is 1. The summed E-state index contributed by atoms with van der Waals surface area (Å²) in [5, 5.41) is 3.04. The number of amides is 1. The first-order valence-electron chi connectivity index (χ1n) is 15.1. The Balaban J connectivity index is 1.51. The van der Waals surface area contributed by atoms with Gasteiger partial charge in [0, 0.05) is 25.1 Å². The van der Waals surface area contributed by atoms with Gasteiger partial charge in [-0.15, -0.1) is 0 Å². The van der Waals surface area contributed by atoms with Crippen molar-refractivity contribution in [3.8, 4) is 5.75 Å². The van der Waals surface area contributed by atoms with Gasteiger partial charge in [0.1, 0.15) is 12.3 Å². The Kier molecular flexibility index (Phi) is 16.4. The van der Waals surface area contributed by atoms with Crippen LogP contribution in [0.3, 0.4) is 0 Å². The van der Waals surface area contributed by atoms with Crippen molar-refractivity contribution in [1.82, 2.24) is 5.32 Å². The van der Waals surface area contributed by atoms with Crippen molar-refractivity contribution in [3.05, 3.63) is 59.4 Å². The molecular weight excluding hydrogens is 456 g/mol. The average molecular weight is 510 g/mol. The summed E-state index contributed by atoms with van der Waals surface area (Å²) in [6.45, 7) is 8.78. The molecule has 1 heterocycles. The lowest BCUT2D eigenvalue weighted by Crippen LogP contribution is -2.33. The van der Waals surface area contributed by atoms with Crippen molar-refractivity contribution >= 4 is 5.91 Å². The number of unbranched alkanes of at least 4 members (excludes halogenated alkanes) is 13. The van der Waals surface area contributed by atoms with E-state index in [0.717, 1.165) is 42.9 Å². The van der Waals surface area contributed by atoms with Crippen LogP contribution in [0.4, 0.5) is 0 Å². The average Bonchev–Trinajstić information content (AvgIpc) is 2.91. The van der Waals surface area contributed by atoms with Gasteiger partial charge in [0.15, 0.2) is 12.4 Å². The first-order valence-corrected chi connectivity index (χ1v) is 15.1. The number of nitrogens with zero attached hydrogens (tertiary/aromatic N) is 1. The number of ether oxygens (including phenoxy) is 1. The molecule has 37 heavy (non-hydrogen) atoms. The van der Waals surface area contributed by atoms with Crippen LogP contribution in [0, 0.1) is 6.92 Å². The maximum Gasteiger partial charge on any atom is 0.252 e. The molecule has 0 radical (unpaired) electrons. The normalized spacial score (nSPS) is 11.0. The van der Waals surface area contributed by atoms with Crippen LogP contribution in [-0.4, -0.2) is 12.5 Å². The van der Waals surface area contributed by atoms with Gasteiger partial charge in [-0.3, -0.25) is 4.79 Å². The Labute approximate surface area is 227 Å². The first kappa shape index (κ1) is 30.9. The van der Waals surface area contributed by atoms with E-state index in [4.69, 9.17) is 4.74 Å². The second-order valence-corrected chi connectivity index (χ2v) is 10.5. The maximum atomic E-state index is 12.5. The van der Waals surface area contributed by atoms with Gasteiger partial charge < -0.3 is 10.1 Å². The van der Waals surface area contributed by atoms with Crippen molar-refractivity contribution in [2.45, 2.75) is 130 Å². The van der Waals surface area contributed by atoms with Crippen LogP contribution in [0.5, 0.6) is 5.75 Å². The molecule has 4 heteroatoms. The summed E-state index contributed by atoms with van der Waals surface area (Å²) >= 11 is 0. The number of hydrogen-bond donors (Lipinski definition) is 1. The van der Waals surface area contributed by atoms with Gasteiger partial charge in [0.05, 0.1) is 12.2 Å². The van der Waals surface area contributed by atoms with Crippen LogP contribution in [0.15, 0.2) is 42.7 Å². The molecule has 0 atom stereocenters. The molecule has 1 aromatic carbocycles. The summed E-state index contributed by atoms with van der Waals surface area (Å²) in [5.74, 6) is 0.881. The van der Waals surface area contributed by atoms with E-state index in [1.165, 1.54) is 83.5 Å². The molecule has 0 aliphatic rings. The van der Waals surface area contributed by atoms with Crippen molar-refractivity contribution in [1.29, 1.82) is 0 Å². The zero-order chi connectivity index (χ0) is 26.6. The van der Waals surface area contributed by atoms with Crippen LogP contribution in [0.1, 0.15) is 132 Å². The fourth-order valence-electron chi connectivity index (χ4n) is 4.74. The van der Waals surface area contributed by atoms with E-state index >= 15 is 0 Å². The monoisotopic (exact) mass is 509 g/mol. The van der Waals surface area contributed by atoms with Crippen LogP contribution < -0.4 is 14.6 Å². The lowest BCUT2D eigenvalue weighted by atomic mass is 10.0. The molecular formula is C33H53N2O2+. The summed E-state index contributed by atoms with van der Waals surface area (Å²) in [4.78, 5) is 12.5. The Morgan fingerprint density at radius 2 is 1.32 bits per heavy atom. The molecule has 0 saturated carbocycles. The smallest absolute Gasteiger partial charge is 0.252 e. The number of aromatic nitrogens is 1. The zero-order valence-electron chi connectivity index (χ0n) is 24.0. The lowest BCUT2D eigenvalue weighted by molar-refractivity contribution is -0.697. The molecule has 0 aliphatic carbocycles. The molecule has 0 saturated heterocycles. The predicted octanol–water partition coefficient (Wildman–Crippen LogP) is 8.48. The van der Waals surface area contributed by atoms with E-state index in [0.29, 0.717) is 12.1 Å². The second kappa shape index (κ2) is 19.7. The molecule has 1 amide bonds. The van der Waals surface area contributed by atoms with Crippen LogP contribution in [0.25, 0.3) is 0 Å². The highest BCUT2D eigenvalue weighted by Crippen LogP contribution is 2.18. The van der Waals surface area contributed by atoms with E-state index in [-0.39, 0.29) is 5.91 Å². The topological polar surface area (TPSA) is 42.2 Å². The highest BCUT2D eigenvalue weighted by atomic mass is 16.5. The van der Waals surface area contributed by atoms with Crippen LogP contribution in [0.2, 0.25) is 0 Å². The Morgan fingerprint density at radius 1 is 0.757 bits per heavy atom. The largest absolute Gasteiger partial charge is 0.494 e. The van der Waals surface area contributed by atoms with Gasteiger partial charge in [0.2, 0.25) is 0 Å². The van der Waals surface area contributed by atoms with E-state index in [9.17, 15) is 4.79 Å². The third-order valence-corrected chi connectivity index (χ3v) is 7.16. The van der Waals surface area contributed by atoms with Crippen molar-refractivity contribution in [3.63, 3.8) is 0 Å². The van der Waals surface area contributed by atoms with Crippen molar-refractivity contribution in [2.24, 2.45) is 0 Å². The minimum atomic E-state index is -0.0406. The third kappa shape index (κ3) is 13.7. The van der Waals surface area contributed by atoms with E-state index < -0.39 is 0 Å². The molecule has 4 nitrogen and oxygen atoms in total.